The van der Waals surface area contributed by atoms with Crippen molar-refractivity contribution < 1.29 is 4.42 Å². The van der Waals surface area contributed by atoms with E-state index < -0.39 is 0 Å². The third-order valence-corrected chi connectivity index (χ3v) is 3.34. The molecule has 0 unspecified atom stereocenters. The maximum absolute atomic E-state index is 5.92. The lowest BCUT2D eigenvalue weighted by molar-refractivity contribution is 0.243. The summed E-state index contributed by atoms with van der Waals surface area (Å²) in [4.78, 5) is 2.47. The number of nitrogens with one attached hydrogen (secondary N) is 1. The van der Waals surface area contributed by atoms with Gasteiger partial charge >= 0.3 is 0 Å². The van der Waals surface area contributed by atoms with Crippen LogP contribution in [0, 0.1) is 6.92 Å². The Bertz CT molecular complexity index is 384. The standard InChI is InChI=1S/C17H32N2O/c1-7-9-19(10-8-2)13-16-11-15(14(3)20-16)12-18-17(4,5)6/h11,18H,7-10,12-13H2,1-6H3. The molecule has 1 rings (SSSR count). The third kappa shape index (κ3) is 6.10. The molecule has 0 aromatic carbocycles. The normalized spacial score (nSPS) is 12.3. The predicted molar refractivity (Wildman–Crippen MR) is 85.9 cm³/mol. The fourth-order valence-electron chi connectivity index (χ4n) is 2.32. The van der Waals surface area contributed by atoms with Crippen LogP contribution in [0.25, 0.3) is 0 Å². The van der Waals surface area contributed by atoms with E-state index in [2.05, 4.69) is 57.8 Å². The monoisotopic (exact) mass is 280 g/mol. The minimum atomic E-state index is 0.139. The maximum atomic E-state index is 5.92. The molecule has 1 aromatic heterocycles. The number of nitrogens with zero attached hydrogens (tertiary/aromatic N) is 1. The number of aryl methyl sites for hydroxylation is 1. The highest BCUT2D eigenvalue weighted by molar-refractivity contribution is 5.21. The van der Waals surface area contributed by atoms with Crippen LogP contribution in [0.4, 0.5) is 0 Å². The fraction of sp³-hybridized carbons (Fsp3) is 0.765. The molecule has 0 atom stereocenters. The Morgan fingerprint density at radius 1 is 1.15 bits per heavy atom. The van der Waals surface area contributed by atoms with E-state index >= 15 is 0 Å². The molecule has 0 fully saturated rings. The molecule has 0 spiro atoms. The first-order valence-corrected chi connectivity index (χ1v) is 7.91. The van der Waals surface area contributed by atoms with E-state index in [1.54, 1.807) is 0 Å². The van der Waals surface area contributed by atoms with Crippen molar-refractivity contribution in [3.05, 3.63) is 23.2 Å². The SMILES string of the molecule is CCCN(CCC)Cc1cc(CNC(C)(C)C)c(C)o1. The minimum absolute atomic E-state index is 0.139. The van der Waals surface area contributed by atoms with E-state index in [1.165, 1.54) is 18.4 Å². The molecule has 0 bridgehead atoms. The van der Waals surface area contributed by atoms with Gasteiger partial charge in [0.1, 0.15) is 11.5 Å². The van der Waals surface area contributed by atoms with Crippen LogP contribution >= 0.6 is 0 Å². The first-order valence-electron chi connectivity index (χ1n) is 7.91. The average molecular weight is 280 g/mol. The van der Waals surface area contributed by atoms with Gasteiger partial charge in [0.2, 0.25) is 0 Å². The van der Waals surface area contributed by atoms with Crippen LogP contribution in [0.2, 0.25) is 0 Å². The number of hydrogen-bond donors (Lipinski definition) is 1. The highest BCUT2D eigenvalue weighted by Gasteiger charge is 2.14. The van der Waals surface area contributed by atoms with Crippen molar-refractivity contribution >= 4 is 0 Å². The average Bonchev–Trinajstić information content (AvgIpc) is 2.67. The van der Waals surface area contributed by atoms with E-state index in [1.807, 2.05) is 0 Å². The van der Waals surface area contributed by atoms with Gasteiger partial charge in [0.25, 0.3) is 0 Å². The summed E-state index contributed by atoms with van der Waals surface area (Å²) in [7, 11) is 0. The van der Waals surface area contributed by atoms with Gasteiger partial charge in [-0.15, -0.1) is 0 Å². The summed E-state index contributed by atoms with van der Waals surface area (Å²) >= 11 is 0. The van der Waals surface area contributed by atoms with Gasteiger partial charge in [-0.25, -0.2) is 0 Å². The zero-order valence-corrected chi connectivity index (χ0v) is 14.2. The zero-order chi connectivity index (χ0) is 15.2. The van der Waals surface area contributed by atoms with Crippen molar-refractivity contribution in [1.29, 1.82) is 0 Å². The van der Waals surface area contributed by atoms with E-state index in [9.17, 15) is 0 Å². The summed E-state index contributed by atoms with van der Waals surface area (Å²) in [5, 5.41) is 3.52. The largest absolute Gasteiger partial charge is 0.465 e. The van der Waals surface area contributed by atoms with Gasteiger partial charge in [-0.1, -0.05) is 13.8 Å². The fourth-order valence-corrected chi connectivity index (χ4v) is 2.32. The Morgan fingerprint density at radius 3 is 2.25 bits per heavy atom. The predicted octanol–water partition coefficient (Wildman–Crippen LogP) is 4.10. The molecule has 0 saturated heterocycles. The van der Waals surface area contributed by atoms with E-state index in [-0.39, 0.29) is 5.54 Å². The first-order chi connectivity index (χ1) is 9.35. The molecule has 0 saturated carbocycles. The van der Waals surface area contributed by atoms with Crippen LogP contribution in [0.1, 0.15) is 64.5 Å². The lowest BCUT2D eigenvalue weighted by Gasteiger charge is -2.20. The summed E-state index contributed by atoms with van der Waals surface area (Å²) in [6.45, 7) is 17.2. The second-order valence-electron chi connectivity index (χ2n) is 6.67. The topological polar surface area (TPSA) is 28.4 Å². The van der Waals surface area contributed by atoms with Crippen LogP contribution in [-0.4, -0.2) is 23.5 Å². The van der Waals surface area contributed by atoms with Gasteiger partial charge < -0.3 is 9.73 Å². The highest BCUT2D eigenvalue weighted by Crippen LogP contribution is 2.17. The summed E-state index contributed by atoms with van der Waals surface area (Å²) in [5.74, 6) is 2.14. The number of hydrogen-bond acceptors (Lipinski definition) is 3. The van der Waals surface area contributed by atoms with Crippen molar-refractivity contribution in [2.45, 2.75) is 73.0 Å². The second kappa shape index (κ2) is 7.84. The van der Waals surface area contributed by atoms with Gasteiger partial charge in [0.05, 0.1) is 6.54 Å². The molecule has 3 nitrogen and oxygen atoms in total. The molecule has 0 amide bonds. The van der Waals surface area contributed by atoms with E-state index in [0.717, 1.165) is 37.7 Å². The molecule has 0 aliphatic carbocycles. The molecule has 0 radical (unpaired) electrons. The smallest absolute Gasteiger partial charge is 0.118 e. The van der Waals surface area contributed by atoms with E-state index in [4.69, 9.17) is 4.42 Å². The van der Waals surface area contributed by atoms with Gasteiger partial charge in [-0.2, -0.15) is 0 Å². The van der Waals surface area contributed by atoms with Crippen LogP contribution in [0.5, 0.6) is 0 Å². The molecule has 1 heterocycles. The van der Waals surface area contributed by atoms with Crippen molar-refractivity contribution in [2.75, 3.05) is 13.1 Å². The van der Waals surface area contributed by atoms with Crippen LogP contribution in [-0.2, 0) is 13.1 Å². The quantitative estimate of drug-likeness (QED) is 0.777. The zero-order valence-electron chi connectivity index (χ0n) is 14.2. The molecule has 3 heteroatoms. The molecule has 1 aromatic rings. The molecule has 0 aliphatic rings. The summed E-state index contributed by atoms with van der Waals surface area (Å²) in [6.07, 6.45) is 2.39. The van der Waals surface area contributed by atoms with E-state index in [0.29, 0.717) is 0 Å². The van der Waals surface area contributed by atoms with Crippen LogP contribution < -0.4 is 5.32 Å². The van der Waals surface area contributed by atoms with Crippen LogP contribution in [0.3, 0.4) is 0 Å². The maximum Gasteiger partial charge on any atom is 0.118 e. The highest BCUT2D eigenvalue weighted by atomic mass is 16.3. The molecule has 1 N–H and O–H groups in total. The molecular weight excluding hydrogens is 248 g/mol. The minimum Gasteiger partial charge on any atom is -0.465 e. The second-order valence-corrected chi connectivity index (χ2v) is 6.67. The van der Waals surface area contributed by atoms with Gasteiger partial charge in [-0.05, 0) is 59.7 Å². The van der Waals surface area contributed by atoms with Gasteiger partial charge in [0, 0.05) is 17.6 Å². The Morgan fingerprint density at radius 2 is 1.75 bits per heavy atom. The summed E-state index contributed by atoms with van der Waals surface area (Å²) < 4.78 is 5.92. The Hall–Kier alpha value is -0.800. The molecule has 116 valence electrons. The van der Waals surface area contributed by atoms with Crippen molar-refractivity contribution in [2.24, 2.45) is 0 Å². The number of rotatable bonds is 8. The summed E-state index contributed by atoms with van der Waals surface area (Å²) in [5.41, 5.74) is 1.42. The van der Waals surface area contributed by atoms with Gasteiger partial charge in [0.15, 0.2) is 0 Å². The third-order valence-electron chi connectivity index (χ3n) is 3.34. The first kappa shape index (κ1) is 17.3. The van der Waals surface area contributed by atoms with Gasteiger partial charge in [-0.3, -0.25) is 4.90 Å². The Kier molecular flexibility index (Phi) is 6.77. The molecular formula is C17H32N2O. The van der Waals surface area contributed by atoms with Crippen LogP contribution in [0.15, 0.2) is 10.5 Å². The lowest BCUT2D eigenvalue weighted by atomic mass is 10.1. The molecule has 0 aliphatic heterocycles. The Balaban J connectivity index is 2.63. The number of furan rings is 1. The molecule has 20 heavy (non-hydrogen) atoms. The lowest BCUT2D eigenvalue weighted by Crippen LogP contribution is -2.35. The summed E-state index contributed by atoms with van der Waals surface area (Å²) in [6, 6.07) is 2.21. The van der Waals surface area contributed by atoms with Crippen molar-refractivity contribution in [1.82, 2.24) is 10.2 Å². The van der Waals surface area contributed by atoms with Crippen molar-refractivity contribution in [3.63, 3.8) is 0 Å². The Labute approximate surface area is 124 Å². The van der Waals surface area contributed by atoms with Crippen molar-refractivity contribution in [3.8, 4) is 0 Å².